The topological polar surface area (TPSA) is 3.24 Å². The smallest absolute Gasteiger partial charge is 0.0725 e. The SMILES string of the molecule is C1=CC=CC=1C1=CCC(N(C2=CC=C(c3ccc(CC(c4ccc(-c5ccccc5)cc4)c4cccc5c4-c4ccccc4C54c5ccccc5-c5ccccc54)c4ccccc34)C3=CC=CCC32)c2ccc(-c3ccccc3)cc2)C=C1. The Hall–Kier alpha value is -10.0. The van der Waals surface area contributed by atoms with Gasteiger partial charge in [0, 0.05) is 28.8 Å². The Morgan fingerprint density at radius 3 is 1.77 bits per heavy atom. The van der Waals surface area contributed by atoms with Gasteiger partial charge in [-0.25, -0.2) is 0 Å². The van der Waals surface area contributed by atoms with Crippen molar-refractivity contribution in [3.63, 3.8) is 0 Å². The highest BCUT2D eigenvalue weighted by atomic mass is 15.2. The lowest BCUT2D eigenvalue weighted by molar-refractivity contribution is 0.642. The van der Waals surface area contributed by atoms with Gasteiger partial charge in [0.1, 0.15) is 0 Å². The van der Waals surface area contributed by atoms with Gasteiger partial charge >= 0.3 is 0 Å². The molecular formula is C82H59N. The molecule has 6 aliphatic rings. The van der Waals surface area contributed by atoms with Crippen LogP contribution in [0.15, 0.2) is 332 Å². The van der Waals surface area contributed by atoms with Gasteiger partial charge in [0.05, 0.1) is 11.5 Å². The summed E-state index contributed by atoms with van der Waals surface area (Å²) in [5.41, 5.74) is 31.6. The van der Waals surface area contributed by atoms with Gasteiger partial charge in [-0.2, -0.15) is 0 Å². The number of fused-ring (bicyclic) bond motifs is 12. The first kappa shape index (κ1) is 48.8. The molecule has 0 aliphatic heterocycles. The molecule has 3 unspecified atom stereocenters. The minimum absolute atomic E-state index is 0.0457. The third-order valence-corrected chi connectivity index (χ3v) is 18.7. The molecule has 10 aromatic rings. The van der Waals surface area contributed by atoms with Crippen LogP contribution in [0.2, 0.25) is 0 Å². The first-order valence-corrected chi connectivity index (χ1v) is 29.5. The number of rotatable bonds is 11. The van der Waals surface area contributed by atoms with Gasteiger partial charge in [-0.1, -0.05) is 273 Å². The van der Waals surface area contributed by atoms with Crippen LogP contribution in [-0.2, 0) is 11.8 Å². The summed E-state index contributed by atoms with van der Waals surface area (Å²) in [6.07, 6.45) is 27.9. The maximum absolute atomic E-state index is 3.43. The lowest BCUT2D eigenvalue weighted by atomic mass is 9.70. The molecule has 0 amide bonds. The molecule has 10 aromatic carbocycles. The molecule has 0 bridgehead atoms. The van der Waals surface area contributed by atoms with Crippen LogP contribution in [0, 0.1) is 5.92 Å². The van der Waals surface area contributed by atoms with E-state index in [9.17, 15) is 0 Å². The van der Waals surface area contributed by atoms with Gasteiger partial charge in [-0.15, -0.1) is 5.73 Å². The molecule has 83 heavy (non-hydrogen) atoms. The highest BCUT2D eigenvalue weighted by Gasteiger charge is 2.52. The molecule has 0 saturated carbocycles. The zero-order valence-electron chi connectivity index (χ0n) is 46.2. The van der Waals surface area contributed by atoms with Crippen molar-refractivity contribution < 1.29 is 0 Å². The van der Waals surface area contributed by atoms with Crippen molar-refractivity contribution in [3.8, 4) is 44.5 Å². The molecule has 1 spiro atoms. The number of hydrogen-bond donors (Lipinski definition) is 0. The van der Waals surface area contributed by atoms with Crippen LogP contribution in [-0.4, -0.2) is 6.04 Å². The molecule has 0 radical (unpaired) electrons. The second kappa shape index (κ2) is 20.2. The molecule has 0 saturated heterocycles. The molecule has 0 fully saturated rings. The van der Waals surface area contributed by atoms with E-state index in [4.69, 9.17) is 0 Å². The van der Waals surface area contributed by atoms with Gasteiger partial charge in [0.25, 0.3) is 0 Å². The maximum Gasteiger partial charge on any atom is 0.0725 e. The van der Waals surface area contributed by atoms with Gasteiger partial charge < -0.3 is 4.90 Å². The second-order valence-corrected chi connectivity index (χ2v) is 22.9. The second-order valence-electron chi connectivity index (χ2n) is 22.9. The van der Waals surface area contributed by atoms with Gasteiger partial charge in [0.15, 0.2) is 0 Å². The highest BCUT2D eigenvalue weighted by Crippen LogP contribution is 2.64. The Morgan fingerprint density at radius 1 is 0.482 bits per heavy atom. The number of hydrogen-bond acceptors (Lipinski definition) is 1. The summed E-state index contributed by atoms with van der Waals surface area (Å²) in [6.45, 7) is 0. The van der Waals surface area contributed by atoms with E-state index in [2.05, 4.69) is 308 Å². The molecule has 6 aliphatic carbocycles. The molecule has 0 heterocycles. The van der Waals surface area contributed by atoms with Crippen molar-refractivity contribution in [3.05, 3.63) is 376 Å². The van der Waals surface area contributed by atoms with Crippen LogP contribution >= 0.6 is 0 Å². The van der Waals surface area contributed by atoms with Crippen LogP contribution in [0.5, 0.6) is 0 Å². The Bertz CT molecular complexity index is 4500. The third kappa shape index (κ3) is 7.99. The van der Waals surface area contributed by atoms with E-state index in [-0.39, 0.29) is 17.9 Å². The first-order valence-electron chi connectivity index (χ1n) is 29.5. The van der Waals surface area contributed by atoms with Crippen molar-refractivity contribution in [1.82, 2.24) is 0 Å². The Kier molecular flexibility index (Phi) is 11.9. The Balaban J connectivity index is 0.822. The number of anilines is 1. The Labute approximate surface area is 487 Å². The molecular weight excluding hydrogens is 999 g/mol. The van der Waals surface area contributed by atoms with E-state index in [1.165, 1.54) is 128 Å². The Morgan fingerprint density at radius 2 is 1.10 bits per heavy atom. The largest absolute Gasteiger partial charge is 0.337 e. The fourth-order valence-electron chi connectivity index (χ4n) is 15.0. The highest BCUT2D eigenvalue weighted by molar-refractivity contribution is 6.01. The van der Waals surface area contributed by atoms with E-state index >= 15 is 0 Å². The summed E-state index contributed by atoms with van der Waals surface area (Å²) < 4.78 is 0. The van der Waals surface area contributed by atoms with E-state index in [1.54, 1.807) is 0 Å². The zero-order chi connectivity index (χ0) is 54.8. The molecule has 1 heteroatoms. The lowest BCUT2D eigenvalue weighted by Gasteiger charge is -2.41. The van der Waals surface area contributed by atoms with Crippen molar-refractivity contribution in [1.29, 1.82) is 0 Å². The fourth-order valence-corrected chi connectivity index (χ4v) is 15.0. The monoisotopic (exact) mass is 1060 g/mol. The number of allylic oxidation sites excluding steroid dienone is 12. The summed E-state index contributed by atoms with van der Waals surface area (Å²) >= 11 is 0. The van der Waals surface area contributed by atoms with Gasteiger partial charge in [-0.05, 0) is 166 Å². The predicted molar refractivity (Wildman–Crippen MR) is 346 cm³/mol. The normalized spacial score (nSPS) is 17.6. The summed E-state index contributed by atoms with van der Waals surface area (Å²) in [7, 11) is 0. The standard InChI is InChI=1S/C82H59N/c1-3-20-55(21-4-1)58-38-40-61(41-39-58)75(73-33-19-37-79-81(73)74-32-15-18-36-78(74)82(79)76-34-16-13-29-70(76)71-30-14-17-35-77(71)82)54-62-46-51-68(66-27-10-9-26-65(62)66)69-52-53-80(72-31-12-11-28-67(69)72)83(64-49-44-60(45-50-64)57-24-7-8-25-57)63-47-42-59(43-48-63)56-22-5-2-6-23-56/h1-24,26-30,32-49,51-53,64,72,75H,31,50,54H2. The summed E-state index contributed by atoms with van der Waals surface area (Å²) in [5, 5.41) is 2.59. The van der Waals surface area contributed by atoms with Gasteiger partial charge in [-0.3, -0.25) is 0 Å². The minimum Gasteiger partial charge on any atom is -0.337 e. The van der Waals surface area contributed by atoms with Crippen molar-refractivity contribution >= 4 is 22.0 Å². The molecule has 1 nitrogen and oxygen atoms in total. The van der Waals surface area contributed by atoms with E-state index in [0.29, 0.717) is 0 Å². The quantitative estimate of drug-likeness (QED) is 0.117. The maximum atomic E-state index is 3.43. The van der Waals surface area contributed by atoms with Gasteiger partial charge in [0.2, 0.25) is 0 Å². The molecule has 0 aromatic heterocycles. The van der Waals surface area contributed by atoms with Crippen LogP contribution < -0.4 is 4.90 Å². The van der Waals surface area contributed by atoms with Crippen LogP contribution in [0.1, 0.15) is 63.3 Å². The van der Waals surface area contributed by atoms with Crippen molar-refractivity contribution in [2.24, 2.45) is 5.92 Å². The lowest BCUT2D eigenvalue weighted by Crippen LogP contribution is -2.38. The first-order chi connectivity index (χ1) is 41.2. The van der Waals surface area contributed by atoms with E-state index in [0.717, 1.165) is 24.8 Å². The van der Waals surface area contributed by atoms with Crippen LogP contribution in [0.25, 0.3) is 60.9 Å². The zero-order valence-corrected chi connectivity index (χ0v) is 46.2. The van der Waals surface area contributed by atoms with Crippen molar-refractivity contribution in [2.45, 2.75) is 36.6 Å². The predicted octanol–water partition coefficient (Wildman–Crippen LogP) is 20.1. The molecule has 16 rings (SSSR count). The minimum atomic E-state index is -0.422. The number of benzene rings is 10. The average Bonchev–Trinajstić information content (AvgIpc) is 1.58. The number of nitrogens with zero attached hydrogens (tertiary/aromatic N) is 1. The van der Waals surface area contributed by atoms with E-state index < -0.39 is 5.41 Å². The molecule has 392 valence electrons. The van der Waals surface area contributed by atoms with Crippen LogP contribution in [0.3, 0.4) is 0 Å². The fraction of sp³-hybridized carbons (Fsp3) is 0.0854. The molecule has 3 atom stereocenters. The van der Waals surface area contributed by atoms with E-state index in [1.807, 2.05) is 6.08 Å². The van der Waals surface area contributed by atoms with Crippen LogP contribution in [0.4, 0.5) is 5.69 Å². The summed E-state index contributed by atoms with van der Waals surface area (Å²) in [5.74, 6) is 0.215. The average molecular weight is 1060 g/mol. The molecule has 0 N–H and O–H groups in total. The third-order valence-electron chi connectivity index (χ3n) is 18.7. The summed E-state index contributed by atoms with van der Waals surface area (Å²) in [4.78, 5) is 2.62. The summed E-state index contributed by atoms with van der Waals surface area (Å²) in [6, 6.07) is 89.3. The van der Waals surface area contributed by atoms with Crippen molar-refractivity contribution in [2.75, 3.05) is 4.90 Å².